The van der Waals surface area contributed by atoms with Crippen molar-refractivity contribution in [2.75, 3.05) is 5.01 Å². The number of hydrazone groups is 1. The van der Waals surface area contributed by atoms with E-state index >= 15 is 4.39 Å². The lowest BCUT2D eigenvalue weighted by atomic mass is 9.94. The van der Waals surface area contributed by atoms with Crippen LogP contribution in [0.1, 0.15) is 35.1 Å². The molecule has 10 heteroatoms. The molecule has 2 N–H and O–H groups in total. The number of benzene rings is 3. The van der Waals surface area contributed by atoms with Crippen LogP contribution in [0.4, 0.5) is 27.6 Å². The van der Waals surface area contributed by atoms with E-state index in [0.717, 1.165) is 5.01 Å². The highest BCUT2D eigenvalue weighted by Crippen LogP contribution is 2.34. The SMILES string of the molecule is Cc1cc(-c2cc(CO)ccc2F)cc(F)c1Cc1ccc(N2N=C(C(F)(F)F)CC2CC(=O)O)cc1. The predicted molar refractivity (Wildman–Crippen MR) is 128 cm³/mol. The summed E-state index contributed by atoms with van der Waals surface area (Å²) in [6, 6.07) is 12.3. The van der Waals surface area contributed by atoms with Crippen molar-refractivity contribution < 1.29 is 37.0 Å². The van der Waals surface area contributed by atoms with Crippen LogP contribution in [0.15, 0.2) is 59.7 Å². The highest BCUT2D eigenvalue weighted by Gasteiger charge is 2.43. The van der Waals surface area contributed by atoms with Gasteiger partial charge in [-0.05, 0) is 65.1 Å². The van der Waals surface area contributed by atoms with Gasteiger partial charge in [0.1, 0.15) is 17.3 Å². The van der Waals surface area contributed by atoms with Gasteiger partial charge in [0.25, 0.3) is 0 Å². The molecule has 4 rings (SSSR count). The Morgan fingerprint density at radius 2 is 1.70 bits per heavy atom. The van der Waals surface area contributed by atoms with Crippen molar-refractivity contribution in [2.24, 2.45) is 5.10 Å². The number of aliphatic hydroxyl groups excluding tert-OH is 1. The van der Waals surface area contributed by atoms with Gasteiger partial charge >= 0.3 is 12.1 Å². The van der Waals surface area contributed by atoms with Crippen LogP contribution in [0.3, 0.4) is 0 Å². The Bertz CT molecular complexity index is 1330. The van der Waals surface area contributed by atoms with Crippen LogP contribution in [0.2, 0.25) is 0 Å². The van der Waals surface area contributed by atoms with Crippen LogP contribution in [0.5, 0.6) is 0 Å². The quantitative estimate of drug-likeness (QED) is 0.377. The summed E-state index contributed by atoms with van der Waals surface area (Å²) in [5.41, 5.74) is 1.87. The zero-order valence-corrected chi connectivity index (χ0v) is 19.7. The number of carbonyl (C=O) groups is 1. The molecule has 0 fully saturated rings. The molecule has 1 aliphatic rings. The van der Waals surface area contributed by atoms with Crippen molar-refractivity contribution in [3.05, 3.63) is 88.5 Å². The number of carboxylic acid groups (broad SMARTS) is 1. The first-order valence-corrected chi connectivity index (χ1v) is 11.4. The molecular formula is C27H23F5N2O3. The van der Waals surface area contributed by atoms with Gasteiger partial charge in [-0.3, -0.25) is 9.80 Å². The molecule has 194 valence electrons. The van der Waals surface area contributed by atoms with Crippen LogP contribution in [0.25, 0.3) is 11.1 Å². The molecule has 1 heterocycles. The molecule has 0 saturated heterocycles. The third kappa shape index (κ3) is 5.80. The van der Waals surface area contributed by atoms with Crippen molar-refractivity contribution in [1.82, 2.24) is 0 Å². The van der Waals surface area contributed by atoms with Crippen molar-refractivity contribution in [1.29, 1.82) is 0 Å². The van der Waals surface area contributed by atoms with E-state index in [1.807, 2.05) is 0 Å². The summed E-state index contributed by atoms with van der Waals surface area (Å²) in [4.78, 5) is 11.1. The highest BCUT2D eigenvalue weighted by molar-refractivity contribution is 5.94. The Morgan fingerprint density at radius 3 is 2.30 bits per heavy atom. The van der Waals surface area contributed by atoms with Crippen molar-refractivity contribution >= 4 is 17.4 Å². The number of alkyl halides is 3. The van der Waals surface area contributed by atoms with Gasteiger partial charge in [0, 0.05) is 18.4 Å². The summed E-state index contributed by atoms with van der Waals surface area (Å²) >= 11 is 0. The summed E-state index contributed by atoms with van der Waals surface area (Å²) < 4.78 is 68.9. The van der Waals surface area contributed by atoms with Gasteiger partial charge in [0.2, 0.25) is 0 Å². The number of anilines is 1. The Morgan fingerprint density at radius 1 is 1.03 bits per heavy atom. The number of carboxylic acids is 1. The first-order valence-electron chi connectivity index (χ1n) is 11.4. The topological polar surface area (TPSA) is 73.1 Å². The largest absolute Gasteiger partial charge is 0.481 e. The third-order valence-electron chi connectivity index (χ3n) is 6.27. The van der Waals surface area contributed by atoms with Gasteiger partial charge in [-0.15, -0.1) is 0 Å². The minimum absolute atomic E-state index is 0.171. The molecule has 0 aliphatic carbocycles. The summed E-state index contributed by atoms with van der Waals surface area (Å²) in [6.45, 7) is 1.42. The van der Waals surface area contributed by atoms with Gasteiger partial charge < -0.3 is 10.2 Å². The second-order valence-electron chi connectivity index (χ2n) is 8.91. The summed E-state index contributed by atoms with van der Waals surface area (Å²) in [6.07, 6.45) is -5.53. The van der Waals surface area contributed by atoms with Crippen molar-refractivity contribution in [3.63, 3.8) is 0 Å². The molecule has 1 atom stereocenters. The Balaban J connectivity index is 1.58. The van der Waals surface area contributed by atoms with E-state index in [-0.39, 0.29) is 18.6 Å². The van der Waals surface area contributed by atoms with E-state index in [9.17, 15) is 27.5 Å². The molecule has 5 nitrogen and oxygen atoms in total. The number of halogens is 5. The molecule has 3 aromatic carbocycles. The summed E-state index contributed by atoms with van der Waals surface area (Å²) in [5, 5.41) is 23.1. The van der Waals surface area contributed by atoms with Gasteiger partial charge in [0.05, 0.1) is 24.8 Å². The predicted octanol–water partition coefficient (Wildman–Crippen LogP) is 6.00. The fraction of sp³-hybridized carbons (Fsp3) is 0.259. The molecule has 0 spiro atoms. The fourth-order valence-electron chi connectivity index (χ4n) is 4.38. The summed E-state index contributed by atoms with van der Waals surface area (Å²) in [7, 11) is 0. The molecule has 0 amide bonds. The van der Waals surface area contributed by atoms with Gasteiger partial charge in [0.15, 0.2) is 0 Å². The van der Waals surface area contributed by atoms with Crippen LogP contribution in [-0.2, 0) is 17.8 Å². The number of aryl methyl sites for hydroxylation is 1. The maximum absolute atomic E-state index is 15.1. The van der Waals surface area contributed by atoms with Crippen molar-refractivity contribution in [3.8, 4) is 11.1 Å². The molecular weight excluding hydrogens is 495 g/mol. The molecule has 0 bridgehead atoms. The van der Waals surface area contributed by atoms with E-state index in [1.54, 1.807) is 25.1 Å². The molecule has 3 aromatic rings. The van der Waals surface area contributed by atoms with Crippen LogP contribution >= 0.6 is 0 Å². The first-order chi connectivity index (χ1) is 17.5. The maximum Gasteiger partial charge on any atom is 0.431 e. The number of aliphatic carboxylic acids is 1. The minimum atomic E-state index is -4.66. The van der Waals surface area contributed by atoms with E-state index in [1.165, 1.54) is 36.4 Å². The average molecular weight is 518 g/mol. The lowest BCUT2D eigenvalue weighted by Crippen LogP contribution is -2.29. The highest BCUT2D eigenvalue weighted by atomic mass is 19.4. The lowest BCUT2D eigenvalue weighted by Gasteiger charge is -2.22. The minimum Gasteiger partial charge on any atom is -0.481 e. The Hall–Kier alpha value is -3.79. The second kappa shape index (κ2) is 10.3. The van der Waals surface area contributed by atoms with Crippen molar-refractivity contribution in [2.45, 2.75) is 45.0 Å². The number of rotatable bonds is 7. The number of nitrogens with zero attached hydrogens (tertiary/aromatic N) is 2. The van der Waals surface area contributed by atoms with Gasteiger partial charge in [-0.2, -0.15) is 18.3 Å². The zero-order chi connectivity index (χ0) is 26.9. The van der Waals surface area contributed by atoms with E-state index in [2.05, 4.69) is 5.10 Å². The normalized spacial score (nSPS) is 15.7. The van der Waals surface area contributed by atoms with E-state index in [4.69, 9.17) is 5.11 Å². The van der Waals surface area contributed by atoms with Gasteiger partial charge in [-0.25, -0.2) is 8.78 Å². The number of hydrogen-bond acceptors (Lipinski definition) is 4. The molecule has 0 radical (unpaired) electrons. The van der Waals surface area contributed by atoms with Crippen LogP contribution in [0, 0.1) is 18.6 Å². The smallest absolute Gasteiger partial charge is 0.431 e. The first kappa shape index (κ1) is 26.3. The standard InChI is InChI=1S/C27H23F5N2O3/c1-15-8-18(22-10-17(14-35)4-7-23(22)28)11-24(29)21(15)9-16-2-5-19(6-3-16)34-20(13-26(36)37)12-25(33-34)27(30,31)32/h2-8,10-11,20,35H,9,12-14H2,1H3,(H,36,37). The maximum atomic E-state index is 15.1. The van der Waals surface area contributed by atoms with Crippen LogP contribution in [-0.4, -0.2) is 34.1 Å². The lowest BCUT2D eigenvalue weighted by molar-refractivity contribution is -0.137. The molecule has 37 heavy (non-hydrogen) atoms. The molecule has 1 aliphatic heterocycles. The number of hydrogen-bond donors (Lipinski definition) is 2. The monoisotopic (exact) mass is 518 g/mol. The number of aliphatic hydroxyl groups is 1. The fourth-order valence-corrected chi connectivity index (χ4v) is 4.38. The van der Waals surface area contributed by atoms with Gasteiger partial charge in [-0.1, -0.05) is 24.3 Å². The van der Waals surface area contributed by atoms with Crippen LogP contribution < -0.4 is 5.01 Å². The zero-order valence-electron chi connectivity index (χ0n) is 19.7. The van der Waals surface area contributed by atoms with E-state index in [0.29, 0.717) is 33.5 Å². The Labute approximate surface area is 209 Å². The average Bonchev–Trinajstić information content (AvgIpc) is 3.25. The Kier molecular flexibility index (Phi) is 7.31. The van der Waals surface area contributed by atoms with E-state index < -0.39 is 48.4 Å². The molecule has 1 unspecified atom stereocenters. The molecule has 0 aromatic heterocycles. The molecule has 0 saturated carbocycles. The third-order valence-corrected chi connectivity index (χ3v) is 6.27. The summed E-state index contributed by atoms with van der Waals surface area (Å²) in [5.74, 6) is -2.32. The second-order valence-corrected chi connectivity index (χ2v) is 8.91.